The Hall–Kier alpha value is -3.18. The molecule has 124 valence electrons. The van der Waals surface area contributed by atoms with Crippen LogP contribution in [0.2, 0.25) is 0 Å². The monoisotopic (exact) mass is 350 g/mol. The summed E-state index contributed by atoms with van der Waals surface area (Å²) in [5.41, 5.74) is 2.78. The molecule has 0 bridgehead atoms. The quantitative estimate of drug-likeness (QED) is 0.527. The second kappa shape index (κ2) is 7.15. The van der Waals surface area contributed by atoms with Crippen molar-refractivity contribution < 1.29 is 4.79 Å². The van der Waals surface area contributed by atoms with Crippen molar-refractivity contribution in [2.45, 2.75) is 0 Å². The van der Waals surface area contributed by atoms with Gasteiger partial charge in [0.25, 0.3) is 0 Å². The Morgan fingerprint density at radius 2 is 1.08 bits per heavy atom. The molecule has 0 aliphatic carbocycles. The van der Waals surface area contributed by atoms with E-state index in [1.54, 1.807) is 34.2 Å². The molecule has 0 aliphatic rings. The number of hydrogen-bond donors (Lipinski definition) is 0. The van der Waals surface area contributed by atoms with Crippen LogP contribution in [0.5, 0.6) is 0 Å². The Bertz CT molecular complexity index is 897. The standard InChI is InChI=1S/C19H14N4O.ClH/c24-19(17-11-20-13-22(17)15-7-3-1-4-8-15)18-12-21-14-23(18)16-9-5-2-6-10-16;/h1-14H;1H. The third-order valence-corrected chi connectivity index (χ3v) is 3.81. The van der Waals surface area contributed by atoms with Crippen molar-refractivity contribution in [3.8, 4) is 11.4 Å². The second-order valence-corrected chi connectivity index (χ2v) is 5.30. The van der Waals surface area contributed by atoms with Crippen LogP contribution in [-0.4, -0.2) is 24.9 Å². The van der Waals surface area contributed by atoms with E-state index in [0.29, 0.717) is 11.4 Å². The number of carbonyl (C=O) groups is 1. The van der Waals surface area contributed by atoms with Gasteiger partial charge >= 0.3 is 0 Å². The van der Waals surface area contributed by atoms with Crippen LogP contribution in [0.15, 0.2) is 85.7 Å². The predicted molar refractivity (Wildman–Crippen MR) is 97.8 cm³/mol. The van der Waals surface area contributed by atoms with Crippen molar-refractivity contribution in [3.63, 3.8) is 0 Å². The highest BCUT2D eigenvalue weighted by molar-refractivity contribution is 6.07. The molecule has 0 fully saturated rings. The van der Waals surface area contributed by atoms with Gasteiger partial charge in [0.05, 0.1) is 25.0 Å². The van der Waals surface area contributed by atoms with Crippen LogP contribution in [0.4, 0.5) is 0 Å². The zero-order valence-corrected chi connectivity index (χ0v) is 14.0. The van der Waals surface area contributed by atoms with Gasteiger partial charge < -0.3 is 0 Å². The molecule has 0 radical (unpaired) electrons. The third kappa shape index (κ3) is 3.09. The number of halogens is 1. The molecule has 4 aromatic rings. The molecule has 0 atom stereocenters. The first-order chi connectivity index (χ1) is 11.8. The molecule has 0 N–H and O–H groups in total. The Morgan fingerprint density at radius 1 is 0.680 bits per heavy atom. The van der Waals surface area contributed by atoms with Gasteiger partial charge in [-0.1, -0.05) is 36.4 Å². The van der Waals surface area contributed by atoms with Gasteiger partial charge in [-0.2, -0.15) is 0 Å². The molecule has 0 unspecified atom stereocenters. The molecule has 4 rings (SSSR count). The molecule has 2 aromatic heterocycles. The minimum absolute atomic E-state index is 0. The summed E-state index contributed by atoms with van der Waals surface area (Å²) in [6.07, 6.45) is 6.45. The highest BCUT2D eigenvalue weighted by Crippen LogP contribution is 2.17. The second-order valence-electron chi connectivity index (χ2n) is 5.30. The van der Waals surface area contributed by atoms with Crippen LogP contribution in [0, 0.1) is 0 Å². The number of para-hydroxylation sites is 2. The molecular weight excluding hydrogens is 336 g/mol. The fourth-order valence-corrected chi connectivity index (χ4v) is 2.65. The molecule has 0 saturated heterocycles. The lowest BCUT2D eigenvalue weighted by Gasteiger charge is -2.09. The normalized spacial score (nSPS) is 10.2. The zero-order chi connectivity index (χ0) is 16.4. The lowest BCUT2D eigenvalue weighted by atomic mass is 10.2. The van der Waals surface area contributed by atoms with Gasteiger partial charge in [-0.3, -0.25) is 13.9 Å². The summed E-state index contributed by atoms with van der Waals surface area (Å²) in [6, 6.07) is 19.3. The number of rotatable bonds is 4. The fraction of sp³-hybridized carbons (Fsp3) is 0. The summed E-state index contributed by atoms with van der Waals surface area (Å²) in [6.45, 7) is 0. The first-order valence-corrected chi connectivity index (χ1v) is 7.55. The summed E-state index contributed by atoms with van der Waals surface area (Å²) in [7, 11) is 0. The summed E-state index contributed by atoms with van der Waals surface area (Å²) < 4.78 is 3.56. The smallest absolute Gasteiger partial charge is 0.229 e. The number of nitrogens with zero attached hydrogens (tertiary/aromatic N) is 4. The number of carbonyl (C=O) groups excluding carboxylic acids is 1. The van der Waals surface area contributed by atoms with E-state index in [2.05, 4.69) is 9.97 Å². The van der Waals surface area contributed by atoms with Crippen LogP contribution in [0.3, 0.4) is 0 Å². The SMILES string of the molecule is Cl.O=C(c1cncn1-c1ccccc1)c1cncn1-c1ccccc1. The van der Waals surface area contributed by atoms with Crippen LogP contribution in [-0.2, 0) is 0 Å². The minimum Gasteiger partial charge on any atom is -0.296 e. The van der Waals surface area contributed by atoms with Gasteiger partial charge in [0.1, 0.15) is 11.4 Å². The highest BCUT2D eigenvalue weighted by Gasteiger charge is 2.19. The highest BCUT2D eigenvalue weighted by atomic mass is 35.5. The molecule has 5 nitrogen and oxygen atoms in total. The molecule has 0 saturated carbocycles. The average molecular weight is 351 g/mol. The first-order valence-electron chi connectivity index (χ1n) is 7.55. The van der Waals surface area contributed by atoms with E-state index in [9.17, 15) is 4.79 Å². The van der Waals surface area contributed by atoms with Crippen LogP contribution < -0.4 is 0 Å². The maximum absolute atomic E-state index is 13.0. The number of benzene rings is 2. The molecule has 2 heterocycles. The third-order valence-electron chi connectivity index (χ3n) is 3.81. The van der Waals surface area contributed by atoms with Gasteiger partial charge in [0.15, 0.2) is 0 Å². The largest absolute Gasteiger partial charge is 0.296 e. The maximum Gasteiger partial charge on any atom is 0.229 e. The number of ketones is 1. The van der Waals surface area contributed by atoms with Crippen molar-refractivity contribution in [2.24, 2.45) is 0 Å². The molecule has 0 spiro atoms. The minimum atomic E-state index is -0.127. The van der Waals surface area contributed by atoms with Crippen molar-refractivity contribution in [1.29, 1.82) is 0 Å². The van der Waals surface area contributed by atoms with E-state index < -0.39 is 0 Å². The number of imidazole rings is 2. The van der Waals surface area contributed by atoms with Crippen molar-refractivity contribution in [2.75, 3.05) is 0 Å². The van der Waals surface area contributed by atoms with Crippen LogP contribution in [0.1, 0.15) is 16.2 Å². The molecule has 0 amide bonds. The van der Waals surface area contributed by atoms with Gasteiger partial charge in [-0.25, -0.2) is 9.97 Å². The van der Waals surface area contributed by atoms with Crippen molar-refractivity contribution in [3.05, 3.63) is 97.1 Å². The Balaban J connectivity index is 0.00000182. The predicted octanol–water partition coefficient (Wildman–Crippen LogP) is 3.71. The van der Waals surface area contributed by atoms with E-state index in [1.807, 2.05) is 60.7 Å². The van der Waals surface area contributed by atoms with E-state index in [0.717, 1.165) is 11.4 Å². The summed E-state index contributed by atoms with van der Waals surface area (Å²) in [5.74, 6) is -0.127. The fourth-order valence-electron chi connectivity index (χ4n) is 2.65. The topological polar surface area (TPSA) is 52.7 Å². The summed E-state index contributed by atoms with van der Waals surface area (Å²) >= 11 is 0. The molecule has 0 aliphatic heterocycles. The van der Waals surface area contributed by atoms with Crippen LogP contribution >= 0.6 is 12.4 Å². The van der Waals surface area contributed by atoms with E-state index >= 15 is 0 Å². The number of aromatic nitrogens is 4. The summed E-state index contributed by atoms with van der Waals surface area (Å²) in [5, 5.41) is 0. The van der Waals surface area contributed by atoms with Crippen molar-refractivity contribution in [1.82, 2.24) is 19.1 Å². The van der Waals surface area contributed by atoms with E-state index in [-0.39, 0.29) is 18.2 Å². The lowest BCUT2D eigenvalue weighted by Crippen LogP contribution is -2.12. The van der Waals surface area contributed by atoms with Crippen LogP contribution in [0.25, 0.3) is 11.4 Å². The van der Waals surface area contributed by atoms with Crippen molar-refractivity contribution >= 4 is 18.2 Å². The molecular formula is C19H15ClN4O. The Labute approximate surface area is 151 Å². The van der Waals surface area contributed by atoms with Gasteiger partial charge in [-0.15, -0.1) is 12.4 Å². The Morgan fingerprint density at radius 3 is 1.48 bits per heavy atom. The number of hydrogen-bond acceptors (Lipinski definition) is 3. The Kier molecular flexibility index (Phi) is 4.77. The summed E-state index contributed by atoms with van der Waals surface area (Å²) in [4.78, 5) is 21.3. The maximum atomic E-state index is 13.0. The molecule has 25 heavy (non-hydrogen) atoms. The van der Waals surface area contributed by atoms with E-state index in [4.69, 9.17) is 0 Å². The molecule has 6 heteroatoms. The van der Waals surface area contributed by atoms with Gasteiger partial charge in [0.2, 0.25) is 5.78 Å². The average Bonchev–Trinajstić information content (AvgIpc) is 3.32. The lowest BCUT2D eigenvalue weighted by molar-refractivity contribution is 0.102. The van der Waals surface area contributed by atoms with E-state index in [1.165, 1.54) is 0 Å². The molecule has 2 aromatic carbocycles. The zero-order valence-electron chi connectivity index (χ0n) is 13.2. The van der Waals surface area contributed by atoms with Gasteiger partial charge in [-0.05, 0) is 24.3 Å². The first kappa shape index (κ1) is 16.7. The van der Waals surface area contributed by atoms with Gasteiger partial charge in [0, 0.05) is 11.4 Å².